The molecule has 1 aromatic heterocycles. The summed E-state index contributed by atoms with van der Waals surface area (Å²) in [4.78, 5) is 19.7. The maximum Gasteiger partial charge on any atom is 0.237 e. The largest absolute Gasteiger partial charge is 0.368 e. The van der Waals surface area contributed by atoms with E-state index >= 15 is 0 Å². The number of amides is 1. The van der Waals surface area contributed by atoms with E-state index in [0.29, 0.717) is 6.42 Å². The fraction of sp³-hybridized carbons (Fsp3) is 0.583. The van der Waals surface area contributed by atoms with E-state index in [4.69, 9.17) is 5.73 Å². The maximum atomic E-state index is 11.5. The lowest BCUT2D eigenvalue weighted by atomic mass is 9.98. The zero-order valence-electron chi connectivity index (χ0n) is 10.8. The van der Waals surface area contributed by atoms with Gasteiger partial charge in [0.05, 0.1) is 5.54 Å². The summed E-state index contributed by atoms with van der Waals surface area (Å²) in [5.74, 6) is 0.436. The van der Waals surface area contributed by atoms with E-state index in [1.807, 2.05) is 6.92 Å². The van der Waals surface area contributed by atoms with Gasteiger partial charge in [-0.15, -0.1) is 0 Å². The molecule has 1 heterocycles. The predicted molar refractivity (Wildman–Crippen MR) is 73.3 cm³/mol. The van der Waals surface area contributed by atoms with Crippen molar-refractivity contribution in [3.63, 3.8) is 0 Å². The molecule has 0 saturated carbocycles. The fourth-order valence-corrected chi connectivity index (χ4v) is 2.37. The van der Waals surface area contributed by atoms with Crippen molar-refractivity contribution in [2.24, 2.45) is 5.73 Å². The third-order valence-electron chi connectivity index (χ3n) is 2.68. The molecule has 0 aromatic carbocycles. The molecular weight excluding hydrogens is 248 g/mol. The number of carbonyl (C=O) groups excluding carboxylic acids is 1. The van der Waals surface area contributed by atoms with Crippen LogP contribution in [0, 0.1) is 0 Å². The van der Waals surface area contributed by atoms with Crippen LogP contribution in [0.4, 0.5) is 0 Å². The van der Waals surface area contributed by atoms with Gasteiger partial charge in [-0.1, -0.05) is 18.7 Å². The van der Waals surface area contributed by atoms with Gasteiger partial charge < -0.3 is 11.1 Å². The lowest BCUT2D eigenvalue weighted by molar-refractivity contribution is -0.123. The van der Waals surface area contributed by atoms with Crippen LogP contribution >= 0.6 is 11.8 Å². The first-order valence-electron chi connectivity index (χ1n) is 6.03. The monoisotopic (exact) mass is 268 g/mol. The summed E-state index contributed by atoms with van der Waals surface area (Å²) in [6.45, 7) is 4.68. The zero-order chi connectivity index (χ0) is 13.4. The van der Waals surface area contributed by atoms with Crippen LogP contribution in [-0.2, 0) is 4.79 Å². The molecule has 18 heavy (non-hydrogen) atoms. The van der Waals surface area contributed by atoms with Crippen molar-refractivity contribution in [1.82, 2.24) is 15.3 Å². The maximum absolute atomic E-state index is 11.5. The summed E-state index contributed by atoms with van der Waals surface area (Å²) in [6, 6.07) is 1.78. The molecule has 0 bridgehead atoms. The Balaban J connectivity index is 2.45. The zero-order valence-corrected chi connectivity index (χ0v) is 11.7. The second-order valence-corrected chi connectivity index (χ2v) is 5.32. The topological polar surface area (TPSA) is 80.9 Å². The first-order chi connectivity index (χ1) is 8.58. The molecule has 0 aliphatic carbocycles. The predicted octanol–water partition coefficient (Wildman–Crippen LogP) is 1.20. The van der Waals surface area contributed by atoms with Gasteiger partial charge in [0.25, 0.3) is 0 Å². The molecule has 0 saturated heterocycles. The van der Waals surface area contributed by atoms with Crippen molar-refractivity contribution in [3.05, 3.63) is 18.5 Å². The van der Waals surface area contributed by atoms with Crippen molar-refractivity contribution in [2.75, 3.05) is 12.3 Å². The second kappa shape index (κ2) is 7.33. The van der Waals surface area contributed by atoms with Crippen LogP contribution < -0.4 is 11.1 Å². The Bertz CT molecular complexity index is 374. The van der Waals surface area contributed by atoms with Crippen LogP contribution in [0.2, 0.25) is 0 Å². The Morgan fingerprint density at radius 1 is 1.50 bits per heavy atom. The van der Waals surface area contributed by atoms with E-state index < -0.39 is 5.54 Å². The Kier molecular flexibility index (Phi) is 6.07. The Hall–Kier alpha value is -1.14. The molecule has 3 N–H and O–H groups in total. The molecule has 100 valence electrons. The number of nitrogens with zero attached hydrogens (tertiary/aromatic N) is 2. The van der Waals surface area contributed by atoms with Crippen LogP contribution in [-0.4, -0.2) is 33.7 Å². The summed E-state index contributed by atoms with van der Waals surface area (Å²) < 4.78 is 0. The highest BCUT2D eigenvalue weighted by molar-refractivity contribution is 7.99. The summed E-state index contributed by atoms with van der Waals surface area (Å²) in [6.07, 6.45) is 5.04. The molecular formula is C12H20N4OS. The lowest BCUT2D eigenvalue weighted by Crippen LogP contribution is -2.53. The van der Waals surface area contributed by atoms with Crippen LogP contribution in [0.5, 0.6) is 0 Å². The minimum atomic E-state index is -0.655. The molecule has 1 unspecified atom stereocenters. The van der Waals surface area contributed by atoms with Crippen molar-refractivity contribution in [3.8, 4) is 0 Å². The molecule has 0 aliphatic heterocycles. The van der Waals surface area contributed by atoms with Crippen LogP contribution in [0.3, 0.4) is 0 Å². The van der Waals surface area contributed by atoms with Gasteiger partial charge in [-0.05, 0) is 32.4 Å². The average Bonchev–Trinajstić information content (AvgIpc) is 2.37. The molecule has 6 heteroatoms. The first-order valence-corrected chi connectivity index (χ1v) is 7.02. The van der Waals surface area contributed by atoms with E-state index in [-0.39, 0.29) is 5.91 Å². The van der Waals surface area contributed by atoms with Crippen LogP contribution in [0.15, 0.2) is 23.6 Å². The van der Waals surface area contributed by atoms with Crippen LogP contribution in [0.25, 0.3) is 0 Å². The molecule has 1 amide bonds. The average molecular weight is 268 g/mol. The van der Waals surface area contributed by atoms with Crippen molar-refractivity contribution in [1.29, 1.82) is 0 Å². The lowest BCUT2D eigenvalue weighted by Gasteiger charge is -2.27. The number of carbonyl (C=O) groups is 1. The number of hydrogen-bond acceptors (Lipinski definition) is 5. The van der Waals surface area contributed by atoms with E-state index in [2.05, 4.69) is 22.2 Å². The molecule has 0 fully saturated rings. The third-order valence-corrected chi connectivity index (χ3v) is 3.56. The molecule has 0 aliphatic rings. The Morgan fingerprint density at radius 2 is 2.17 bits per heavy atom. The smallest absolute Gasteiger partial charge is 0.237 e. The van der Waals surface area contributed by atoms with E-state index in [0.717, 1.165) is 23.9 Å². The summed E-state index contributed by atoms with van der Waals surface area (Å²) in [5.41, 5.74) is 4.79. The quantitative estimate of drug-likeness (QED) is 0.547. The summed E-state index contributed by atoms with van der Waals surface area (Å²) in [7, 11) is 0. The molecule has 5 nitrogen and oxygen atoms in total. The third kappa shape index (κ3) is 4.62. The van der Waals surface area contributed by atoms with Crippen molar-refractivity contribution < 1.29 is 4.79 Å². The van der Waals surface area contributed by atoms with Gasteiger partial charge >= 0.3 is 0 Å². The highest BCUT2D eigenvalue weighted by atomic mass is 32.2. The number of rotatable bonds is 8. The first kappa shape index (κ1) is 14.9. The highest BCUT2D eigenvalue weighted by Crippen LogP contribution is 2.18. The van der Waals surface area contributed by atoms with Gasteiger partial charge in [0, 0.05) is 18.1 Å². The number of nitrogens with two attached hydrogens (primary N) is 1. The molecule has 1 atom stereocenters. The van der Waals surface area contributed by atoms with Gasteiger partial charge in [-0.2, -0.15) is 0 Å². The number of thioether (sulfide) groups is 1. The van der Waals surface area contributed by atoms with E-state index in [9.17, 15) is 4.79 Å². The van der Waals surface area contributed by atoms with Crippen molar-refractivity contribution in [2.45, 2.75) is 37.4 Å². The van der Waals surface area contributed by atoms with Gasteiger partial charge in [0.1, 0.15) is 0 Å². The normalized spacial score (nSPS) is 14.1. The number of nitrogens with one attached hydrogen (secondary N) is 1. The van der Waals surface area contributed by atoms with E-state index in [1.54, 1.807) is 18.5 Å². The number of primary amides is 1. The fourth-order valence-electron chi connectivity index (χ4n) is 1.41. The van der Waals surface area contributed by atoms with Crippen LogP contribution in [0.1, 0.15) is 26.7 Å². The van der Waals surface area contributed by atoms with Gasteiger partial charge in [0.15, 0.2) is 5.16 Å². The molecule has 1 aromatic rings. The summed E-state index contributed by atoms with van der Waals surface area (Å²) >= 11 is 1.53. The number of hydrogen-bond donors (Lipinski definition) is 2. The van der Waals surface area contributed by atoms with Gasteiger partial charge in [0.2, 0.25) is 5.91 Å². The Labute approximate surface area is 112 Å². The highest BCUT2D eigenvalue weighted by Gasteiger charge is 2.29. The summed E-state index contributed by atoms with van der Waals surface area (Å²) in [5, 5.41) is 3.92. The minimum absolute atomic E-state index is 0.314. The molecule has 0 spiro atoms. The second-order valence-electron chi connectivity index (χ2n) is 4.25. The van der Waals surface area contributed by atoms with Gasteiger partial charge in [-0.25, -0.2) is 9.97 Å². The van der Waals surface area contributed by atoms with Crippen molar-refractivity contribution >= 4 is 17.7 Å². The van der Waals surface area contributed by atoms with E-state index in [1.165, 1.54) is 11.8 Å². The minimum Gasteiger partial charge on any atom is -0.368 e. The number of aromatic nitrogens is 2. The standard InChI is InChI=1S/C12H20N4OS/c1-3-6-16-12(2,10(13)17)5-9-18-11-14-7-4-8-15-11/h4,7-8,16H,3,5-6,9H2,1-2H3,(H2,13,17). The SMILES string of the molecule is CCCNC(C)(CCSc1ncccn1)C(N)=O. The van der Waals surface area contributed by atoms with Gasteiger partial charge in [-0.3, -0.25) is 4.79 Å². The molecule has 1 rings (SSSR count). The Morgan fingerprint density at radius 3 is 2.72 bits per heavy atom. The molecule has 0 radical (unpaired) electrons.